The Morgan fingerprint density at radius 2 is 1.73 bits per heavy atom. The number of hydrogen-bond acceptors (Lipinski definition) is 2. The van der Waals surface area contributed by atoms with E-state index in [0.29, 0.717) is 11.5 Å². The molecular formula is C23H30FNO. The molecule has 3 heteroatoms. The van der Waals surface area contributed by atoms with Crippen LogP contribution < -0.4 is 0 Å². The maximum atomic E-state index is 14.3. The summed E-state index contributed by atoms with van der Waals surface area (Å²) in [6.45, 7) is 0.718. The van der Waals surface area contributed by atoms with Gasteiger partial charge in [-0.3, -0.25) is 0 Å². The van der Waals surface area contributed by atoms with Crippen molar-refractivity contribution in [1.82, 2.24) is 0 Å². The molecule has 0 N–H and O–H groups in total. The number of ether oxygens (including phenoxy) is 1. The van der Waals surface area contributed by atoms with Gasteiger partial charge in [0, 0.05) is 7.11 Å². The summed E-state index contributed by atoms with van der Waals surface area (Å²) in [7, 11) is 1.74. The van der Waals surface area contributed by atoms with E-state index in [1.807, 2.05) is 12.1 Å². The normalized spacial score (nSPS) is 29.6. The molecule has 1 aromatic carbocycles. The Balaban J connectivity index is 1.48. The largest absolute Gasteiger partial charge is 0.381 e. The lowest BCUT2D eigenvalue weighted by molar-refractivity contribution is 0.170. The van der Waals surface area contributed by atoms with Gasteiger partial charge in [-0.25, -0.2) is 4.39 Å². The topological polar surface area (TPSA) is 33.0 Å². The molecule has 140 valence electrons. The highest BCUT2D eigenvalue weighted by Gasteiger charge is 2.31. The first-order valence-corrected chi connectivity index (χ1v) is 10.1. The summed E-state index contributed by atoms with van der Waals surface area (Å²) in [5.74, 6) is 2.53. The number of methoxy groups -OCH3 is 1. The van der Waals surface area contributed by atoms with Gasteiger partial charge in [0.2, 0.25) is 0 Å². The fourth-order valence-electron chi connectivity index (χ4n) is 4.98. The minimum absolute atomic E-state index is 0.198. The molecule has 0 spiro atoms. The highest BCUT2D eigenvalue weighted by Crippen LogP contribution is 2.44. The highest BCUT2D eigenvalue weighted by molar-refractivity contribution is 5.34. The zero-order valence-electron chi connectivity index (χ0n) is 15.8. The van der Waals surface area contributed by atoms with Crippen LogP contribution in [-0.4, -0.2) is 13.7 Å². The van der Waals surface area contributed by atoms with Gasteiger partial charge in [0.15, 0.2) is 0 Å². The van der Waals surface area contributed by atoms with E-state index in [2.05, 4.69) is 12.2 Å². The van der Waals surface area contributed by atoms with Gasteiger partial charge in [-0.2, -0.15) is 5.26 Å². The van der Waals surface area contributed by atoms with Gasteiger partial charge in [-0.15, -0.1) is 0 Å². The average molecular weight is 355 g/mol. The number of nitrogens with zero attached hydrogens (tertiary/aromatic N) is 1. The number of rotatable bonds is 5. The summed E-state index contributed by atoms with van der Waals surface area (Å²) < 4.78 is 19.4. The summed E-state index contributed by atoms with van der Waals surface area (Å²) in [6, 6.07) is 6.99. The third-order valence-electron chi connectivity index (χ3n) is 6.50. The van der Waals surface area contributed by atoms with Crippen molar-refractivity contribution in [2.45, 2.75) is 57.3 Å². The fourth-order valence-corrected chi connectivity index (χ4v) is 4.98. The number of allylic oxidation sites excluding steroid dienone is 1. The molecular weight excluding hydrogens is 325 g/mol. The summed E-state index contributed by atoms with van der Waals surface area (Å²) in [5, 5.41) is 8.89. The molecule has 2 nitrogen and oxygen atoms in total. The standard InChI is InChI=1S/C23H30FNO/c1-26-14-2-3-17-4-7-19(8-5-17)20-9-11-21(12-10-20)22-13-6-18(16-25)15-23(22)24/h2-3,6,13,15,17,19-21H,4-5,7-12,14H2,1H3/b3-2+. The van der Waals surface area contributed by atoms with Gasteiger partial charge < -0.3 is 4.74 Å². The molecule has 0 aliphatic heterocycles. The van der Waals surface area contributed by atoms with E-state index < -0.39 is 0 Å². The summed E-state index contributed by atoms with van der Waals surface area (Å²) in [4.78, 5) is 0. The molecule has 26 heavy (non-hydrogen) atoms. The minimum atomic E-state index is -0.198. The molecule has 0 unspecified atom stereocenters. The van der Waals surface area contributed by atoms with Crippen LogP contribution in [-0.2, 0) is 4.74 Å². The van der Waals surface area contributed by atoms with Crippen molar-refractivity contribution < 1.29 is 9.13 Å². The summed E-state index contributed by atoms with van der Waals surface area (Å²) >= 11 is 0. The first-order chi connectivity index (χ1) is 12.7. The molecule has 2 saturated carbocycles. The number of benzene rings is 1. The highest BCUT2D eigenvalue weighted by atomic mass is 19.1. The monoisotopic (exact) mass is 355 g/mol. The van der Waals surface area contributed by atoms with E-state index >= 15 is 0 Å². The second kappa shape index (κ2) is 9.33. The maximum absolute atomic E-state index is 14.3. The first-order valence-electron chi connectivity index (χ1n) is 10.1. The van der Waals surface area contributed by atoms with Crippen LogP contribution in [0.4, 0.5) is 4.39 Å². The molecule has 3 rings (SSSR count). The molecule has 0 bridgehead atoms. The molecule has 0 amide bonds. The lowest BCUT2D eigenvalue weighted by Crippen LogP contribution is -2.25. The zero-order chi connectivity index (χ0) is 18.4. The maximum Gasteiger partial charge on any atom is 0.127 e. The van der Waals surface area contributed by atoms with Crippen molar-refractivity contribution in [2.24, 2.45) is 17.8 Å². The predicted octanol–water partition coefficient (Wildman–Crippen LogP) is 5.98. The Labute approximate surface area is 157 Å². The number of halogens is 1. The van der Waals surface area contributed by atoms with E-state index in [1.165, 1.54) is 44.6 Å². The molecule has 0 radical (unpaired) electrons. The van der Waals surface area contributed by atoms with Gasteiger partial charge in [0.1, 0.15) is 5.82 Å². The molecule has 0 saturated heterocycles. The average Bonchev–Trinajstić information content (AvgIpc) is 2.69. The smallest absolute Gasteiger partial charge is 0.127 e. The zero-order valence-corrected chi connectivity index (χ0v) is 15.8. The second-order valence-electron chi connectivity index (χ2n) is 8.02. The molecule has 2 fully saturated rings. The molecule has 2 aliphatic carbocycles. The van der Waals surface area contributed by atoms with Gasteiger partial charge >= 0.3 is 0 Å². The van der Waals surface area contributed by atoms with E-state index in [9.17, 15) is 4.39 Å². The summed E-state index contributed by atoms with van der Waals surface area (Å²) in [6.07, 6.45) is 14.4. The van der Waals surface area contributed by atoms with Gasteiger partial charge in [-0.05, 0) is 92.7 Å². The Bertz CT molecular complexity index is 647. The third-order valence-corrected chi connectivity index (χ3v) is 6.50. The second-order valence-corrected chi connectivity index (χ2v) is 8.02. The Morgan fingerprint density at radius 1 is 1.08 bits per heavy atom. The van der Waals surface area contributed by atoms with Crippen LogP contribution in [0.5, 0.6) is 0 Å². The van der Waals surface area contributed by atoms with E-state index in [1.54, 1.807) is 13.2 Å². The Hall–Kier alpha value is -1.66. The minimum Gasteiger partial charge on any atom is -0.381 e. The van der Waals surface area contributed by atoms with E-state index in [4.69, 9.17) is 10.00 Å². The Kier molecular flexibility index (Phi) is 6.86. The van der Waals surface area contributed by atoms with Crippen LogP contribution in [0.15, 0.2) is 30.4 Å². The third kappa shape index (κ3) is 4.74. The number of hydrogen-bond donors (Lipinski definition) is 0. The molecule has 0 heterocycles. The lowest BCUT2D eigenvalue weighted by Gasteiger charge is -2.37. The van der Waals surface area contributed by atoms with Crippen LogP contribution in [0.25, 0.3) is 0 Å². The lowest BCUT2D eigenvalue weighted by atomic mass is 9.68. The van der Waals surface area contributed by atoms with Crippen molar-refractivity contribution >= 4 is 0 Å². The van der Waals surface area contributed by atoms with Crippen LogP contribution in [0.1, 0.15) is 68.4 Å². The van der Waals surface area contributed by atoms with Gasteiger partial charge in [0.05, 0.1) is 18.2 Å². The van der Waals surface area contributed by atoms with Crippen molar-refractivity contribution in [3.8, 4) is 6.07 Å². The van der Waals surface area contributed by atoms with Gasteiger partial charge in [0.25, 0.3) is 0 Å². The summed E-state index contributed by atoms with van der Waals surface area (Å²) in [5.41, 5.74) is 1.23. The van der Waals surface area contributed by atoms with Gasteiger partial charge in [-0.1, -0.05) is 18.2 Å². The molecule has 1 aromatic rings. The Morgan fingerprint density at radius 3 is 2.31 bits per heavy atom. The number of nitriles is 1. The van der Waals surface area contributed by atoms with E-state index in [0.717, 1.165) is 42.8 Å². The van der Waals surface area contributed by atoms with Crippen molar-refractivity contribution in [3.05, 3.63) is 47.3 Å². The van der Waals surface area contributed by atoms with Crippen LogP contribution in [0.3, 0.4) is 0 Å². The molecule has 0 aromatic heterocycles. The van der Waals surface area contributed by atoms with Crippen LogP contribution in [0, 0.1) is 34.9 Å². The SMILES string of the molecule is COC/C=C/C1CCC(C2CCC(c3ccc(C#N)cc3F)CC2)CC1. The van der Waals surface area contributed by atoms with Crippen molar-refractivity contribution in [2.75, 3.05) is 13.7 Å². The fraction of sp³-hybridized carbons (Fsp3) is 0.609. The van der Waals surface area contributed by atoms with Crippen LogP contribution in [0.2, 0.25) is 0 Å². The first kappa shape index (κ1) is 19.1. The van der Waals surface area contributed by atoms with Crippen molar-refractivity contribution in [3.63, 3.8) is 0 Å². The van der Waals surface area contributed by atoms with Crippen LogP contribution >= 0.6 is 0 Å². The molecule has 2 aliphatic rings. The molecule has 0 atom stereocenters. The quantitative estimate of drug-likeness (QED) is 0.609. The predicted molar refractivity (Wildman–Crippen MR) is 102 cm³/mol. The van der Waals surface area contributed by atoms with Crippen molar-refractivity contribution in [1.29, 1.82) is 5.26 Å². The van der Waals surface area contributed by atoms with E-state index in [-0.39, 0.29) is 5.82 Å².